The Hall–Kier alpha value is -1.62. The van der Waals surface area contributed by atoms with Gasteiger partial charge in [0, 0.05) is 19.7 Å². The molecule has 0 bridgehead atoms. The van der Waals surface area contributed by atoms with Crippen molar-refractivity contribution < 1.29 is 14.3 Å². The van der Waals surface area contributed by atoms with Crippen molar-refractivity contribution in [3.8, 4) is 0 Å². The van der Waals surface area contributed by atoms with Gasteiger partial charge in [-0.2, -0.15) is 0 Å². The summed E-state index contributed by atoms with van der Waals surface area (Å²) in [5.74, 6) is 1.11. The Morgan fingerprint density at radius 2 is 2.24 bits per heavy atom. The predicted molar refractivity (Wildman–Crippen MR) is 81.7 cm³/mol. The Bertz CT molecular complexity index is 502. The van der Waals surface area contributed by atoms with E-state index in [9.17, 15) is 4.79 Å². The van der Waals surface area contributed by atoms with Crippen LogP contribution in [0.4, 0.5) is 5.82 Å². The number of aryl methyl sites for hydroxylation is 1. The minimum absolute atomic E-state index is 0.273. The van der Waals surface area contributed by atoms with Crippen molar-refractivity contribution in [2.24, 2.45) is 5.92 Å². The second-order valence-corrected chi connectivity index (χ2v) is 5.88. The van der Waals surface area contributed by atoms with Gasteiger partial charge in [0.25, 0.3) is 0 Å². The largest absolute Gasteiger partial charge is 0.465 e. The van der Waals surface area contributed by atoms with Gasteiger partial charge < -0.3 is 14.4 Å². The van der Waals surface area contributed by atoms with E-state index in [1.54, 1.807) is 6.07 Å². The lowest BCUT2D eigenvalue weighted by Crippen LogP contribution is -2.25. The third kappa shape index (κ3) is 3.94. The number of ether oxygens (including phenoxy) is 2. The highest BCUT2D eigenvalue weighted by Crippen LogP contribution is 2.22. The molecular weight excluding hydrogens is 268 g/mol. The van der Waals surface area contributed by atoms with E-state index < -0.39 is 0 Å². The van der Waals surface area contributed by atoms with Crippen molar-refractivity contribution in [3.05, 3.63) is 23.4 Å². The molecule has 2 heterocycles. The number of rotatable bonds is 5. The van der Waals surface area contributed by atoms with E-state index in [1.165, 1.54) is 7.11 Å². The van der Waals surface area contributed by atoms with Gasteiger partial charge in [-0.05, 0) is 31.4 Å². The highest BCUT2D eigenvalue weighted by atomic mass is 16.5. The zero-order valence-electron chi connectivity index (χ0n) is 13.3. The molecule has 1 aliphatic rings. The fraction of sp³-hybridized carbons (Fsp3) is 0.625. The molecule has 0 amide bonds. The molecule has 1 atom stereocenters. The maximum atomic E-state index is 11.6. The Kier molecular flexibility index (Phi) is 5.17. The van der Waals surface area contributed by atoms with Crippen LogP contribution in [0.1, 0.15) is 36.3 Å². The number of hydrogen-bond acceptors (Lipinski definition) is 5. The van der Waals surface area contributed by atoms with E-state index in [0.717, 1.165) is 31.9 Å². The van der Waals surface area contributed by atoms with E-state index >= 15 is 0 Å². The normalized spacial score (nSPS) is 18.3. The summed E-state index contributed by atoms with van der Waals surface area (Å²) in [6, 6.07) is 3.66. The van der Waals surface area contributed by atoms with Crippen LogP contribution in [0.25, 0.3) is 0 Å². The molecule has 0 saturated carbocycles. The third-order valence-corrected chi connectivity index (χ3v) is 3.61. The fourth-order valence-electron chi connectivity index (χ4n) is 2.45. The molecule has 1 aliphatic heterocycles. The minimum Gasteiger partial charge on any atom is -0.465 e. The second kappa shape index (κ2) is 6.89. The first-order valence-corrected chi connectivity index (χ1v) is 7.43. The molecule has 1 unspecified atom stereocenters. The predicted octanol–water partition coefficient (Wildman–Crippen LogP) is 2.43. The maximum absolute atomic E-state index is 11.6. The van der Waals surface area contributed by atoms with Gasteiger partial charge >= 0.3 is 5.97 Å². The lowest BCUT2D eigenvalue weighted by atomic mass is 10.2. The van der Waals surface area contributed by atoms with Gasteiger partial charge in [-0.15, -0.1) is 0 Å². The summed E-state index contributed by atoms with van der Waals surface area (Å²) in [7, 11) is 1.38. The first-order chi connectivity index (χ1) is 10.0. The smallest absolute Gasteiger partial charge is 0.339 e. The SMILES string of the molecule is COC(=O)c1ccc(N2CCC(OCC(C)C)C2)nc1C. The van der Waals surface area contributed by atoms with Crippen LogP contribution in [0.5, 0.6) is 0 Å². The summed E-state index contributed by atoms with van der Waals surface area (Å²) in [6.07, 6.45) is 1.29. The van der Waals surface area contributed by atoms with Crippen LogP contribution in [0.3, 0.4) is 0 Å². The van der Waals surface area contributed by atoms with Crippen LogP contribution in [0.15, 0.2) is 12.1 Å². The molecule has 0 N–H and O–H groups in total. The number of pyridine rings is 1. The van der Waals surface area contributed by atoms with Crippen molar-refractivity contribution >= 4 is 11.8 Å². The first-order valence-electron chi connectivity index (χ1n) is 7.43. The molecule has 1 fully saturated rings. The molecular formula is C16H24N2O3. The molecule has 5 heteroatoms. The summed E-state index contributed by atoms with van der Waals surface area (Å²) in [5.41, 5.74) is 1.22. The summed E-state index contributed by atoms with van der Waals surface area (Å²) in [5, 5.41) is 0. The Morgan fingerprint density at radius 3 is 2.86 bits per heavy atom. The number of anilines is 1. The van der Waals surface area contributed by atoms with Crippen LogP contribution < -0.4 is 4.90 Å². The van der Waals surface area contributed by atoms with Gasteiger partial charge in [0.2, 0.25) is 0 Å². The summed E-state index contributed by atoms with van der Waals surface area (Å²) < 4.78 is 10.6. The summed E-state index contributed by atoms with van der Waals surface area (Å²) >= 11 is 0. The molecule has 116 valence electrons. The first kappa shape index (κ1) is 15.8. The van der Waals surface area contributed by atoms with Crippen molar-refractivity contribution in [1.29, 1.82) is 0 Å². The number of carbonyl (C=O) groups is 1. The Labute approximate surface area is 126 Å². The zero-order chi connectivity index (χ0) is 15.4. The van der Waals surface area contributed by atoms with E-state index in [0.29, 0.717) is 17.2 Å². The molecule has 21 heavy (non-hydrogen) atoms. The van der Waals surface area contributed by atoms with Gasteiger partial charge in [0.15, 0.2) is 0 Å². The summed E-state index contributed by atoms with van der Waals surface area (Å²) in [4.78, 5) is 18.3. The quantitative estimate of drug-likeness (QED) is 0.780. The lowest BCUT2D eigenvalue weighted by Gasteiger charge is -2.19. The standard InChI is InChI=1S/C16H24N2O3/c1-11(2)10-21-13-7-8-18(9-13)15-6-5-14(12(3)17-15)16(19)20-4/h5-6,11,13H,7-10H2,1-4H3. The van der Waals surface area contributed by atoms with Crippen molar-refractivity contribution in [3.63, 3.8) is 0 Å². The van der Waals surface area contributed by atoms with Gasteiger partial charge in [-0.25, -0.2) is 9.78 Å². The molecule has 0 aromatic carbocycles. The highest BCUT2D eigenvalue weighted by molar-refractivity contribution is 5.90. The number of hydrogen-bond donors (Lipinski definition) is 0. The van der Waals surface area contributed by atoms with Gasteiger partial charge in [-0.3, -0.25) is 0 Å². The van der Waals surface area contributed by atoms with Gasteiger partial charge in [0.05, 0.1) is 24.5 Å². The van der Waals surface area contributed by atoms with E-state index in [-0.39, 0.29) is 12.1 Å². The van der Waals surface area contributed by atoms with E-state index in [1.807, 2.05) is 13.0 Å². The average Bonchev–Trinajstić information content (AvgIpc) is 2.93. The molecule has 0 aliphatic carbocycles. The topological polar surface area (TPSA) is 51.7 Å². The molecule has 1 aromatic heterocycles. The monoisotopic (exact) mass is 292 g/mol. The Balaban J connectivity index is 2.00. The molecule has 1 aromatic rings. The zero-order valence-corrected chi connectivity index (χ0v) is 13.3. The fourth-order valence-corrected chi connectivity index (χ4v) is 2.45. The molecule has 2 rings (SSSR count). The van der Waals surface area contributed by atoms with Crippen LogP contribution >= 0.6 is 0 Å². The molecule has 5 nitrogen and oxygen atoms in total. The lowest BCUT2D eigenvalue weighted by molar-refractivity contribution is 0.0496. The minimum atomic E-state index is -0.342. The van der Waals surface area contributed by atoms with Crippen molar-refractivity contribution in [2.45, 2.75) is 33.3 Å². The van der Waals surface area contributed by atoms with E-state index in [4.69, 9.17) is 9.47 Å². The maximum Gasteiger partial charge on any atom is 0.339 e. The number of esters is 1. The molecule has 0 radical (unpaired) electrons. The van der Waals surface area contributed by atoms with Crippen molar-refractivity contribution in [1.82, 2.24) is 4.98 Å². The van der Waals surface area contributed by atoms with Crippen LogP contribution in [0.2, 0.25) is 0 Å². The highest BCUT2D eigenvalue weighted by Gasteiger charge is 2.25. The average molecular weight is 292 g/mol. The van der Waals surface area contributed by atoms with Crippen molar-refractivity contribution in [2.75, 3.05) is 31.7 Å². The van der Waals surface area contributed by atoms with Gasteiger partial charge in [0.1, 0.15) is 5.82 Å². The summed E-state index contributed by atoms with van der Waals surface area (Å²) in [6.45, 7) is 8.74. The molecule has 0 spiro atoms. The van der Waals surface area contributed by atoms with Crippen LogP contribution in [-0.2, 0) is 9.47 Å². The number of nitrogens with zero attached hydrogens (tertiary/aromatic N) is 2. The van der Waals surface area contributed by atoms with Crippen LogP contribution in [-0.4, -0.2) is 43.9 Å². The van der Waals surface area contributed by atoms with Gasteiger partial charge in [-0.1, -0.05) is 13.8 Å². The van der Waals surface area contributed by atoms with Crippen LogP contribution in [0, 0.1) is 12.8 Å². The third-order valence-electron chi connectivity index (χ3n) is 3.61. The Morgan fingerprint density at radius 1 is 1.48 bits per heavy atom. The van der Waals surface area contributed by atoms with E-state index in [2.05, 4.69) is 23.7 Å². The number of aromatic nitrogens is 1. The second-order valence-electron chi connectivity index (χ2n) is 5.88. The number of methoxy groups -OCH3 is 1. The molecule has 1 saturated heterocycles. The number of carbonyl (C=O) groups excluding carboxylic acids is 1.